The lowest BCUT2D eigenvalue weighted by Gasteiger charge is -2.26. The molecule has 0 unspecified atom stereocenters. The molecule has 3 heteroatoms. The summed E-state index contributed by atoms with van der Waals surface area (Å²) in [6.45, 7) is 7.03. The highest BCUT2D eigenvalue weighted by molar-refractivity contribution is 14.1. The Morgan fingerprint density at radius 2 is 2.00 bits per heavy atom. The Morgan fingerprint density at radius 1 is 1.38 bits per heavy atom. The van der Waals surface area contributed by atoms with Crippen molar-refractivity contribution in [3.05, 3.63) is 33.4 Å². The molecule has 0 bridgehead atoms. The van der Waals surface area contributed by atoms with Gasteiger partial charge in [-0.2, -0.15) is 0 Å². The average Bonchev–Trinajstić information content (AvgIpc) is 2.25. The highest BCUT2D eigenvalue weighted by atomic mass is 127. The van der Waals surface area contributed by atoms with E-state index in [1.807, 2.05) is 29.2 Å². The van der Waals surface area contributed by atoms with Gasteiger partial charge >= 0.3 is 0 Å². The maximum atomic E-state index is 12.3. The second-order valence-electron chi connectivity index (χ2n) is 4.07. The first-order valence-corrected chi connectivity index (χ1v) is 6.71. The van der Waals surface area contributed by atoms with E-state index >= 15 is 0 Å². The Hall–Kier alpha value is -0.580. The number of nitrogens with zero attached hydrogens (tertiary/aromatic N) is 1. The Bertz CT molecular complexity index is 363. The fourth-order valence-electron chi connectivity index (χ4n) is 1.62. The molecular formula is C13H18INO. The van der Waals surface area contributed by atoms with Gasteiger partial charge < -0.3 is 4.90 Å². The number of rotatable bonds is 4. The third kappa shape index (κ3) is 3.20. The van der Waals surface area contributed by atoms with Gasteiger partial charge in [0, 0.05) is 16.2 Å². The summed E-state index contributed by atoms with van der Waals surface area (Å²) in [4.78, 5) is 14.2. The monoisotopic (exact) mass is 331 g/mol. The van der Waals surface area contributed by atoms with E-state index in [1.165, 1.54) is 0 Å². The van der Waals surface area contributed by atoms with Crippen LogP contribution >= 0.6 is 22.6 Å². The van der Waals surface area contributed by atoms with Gasteiger partial charge in [0.05, 0.1) is 5.56 Å². The summed E-state index contributed by atoms with van der Waals surface area (Å²) in [5, 5.41) is 0. The van der Waals surface area contributed by atoms with E-state index in [9.17, 15) is 4.79 Å². The van der Waals surface area contributed by atoms with Crippen LogP contribution in [0.3, 0.4) is 0 Å². The van der Waals surface area contributed by atoms with Crippen molar-refractivity contribution in [3.8, 4) is 0 Å². The van der Waals surface area contributed by atoms with Crippen molar-refractivity contribution in [1.82, 2.24) is 4.90 Å². The number of carbonyl (C=O) groups is 1. The van der Waals surface area contributed by atoms with E-state index in [0.29, 0.717) is 0 Å². The molecule has 0 aliphatic heterocycles. The molecule has 0 saturated carbocycles. The summed E-state index contributed by atoms with van der Waals surface area (Å²) in [5.74, 6) is 0.141. The lowest BCUT2D eigenvalue weighted by atomic mass is 10.1. The lowest BCUT2D eigenvalue weighted by Crippen LogP contribution is -2.37. The number of hydrogen-bond acceptors (Lipinski definition) is 1. The van der Waals surface area contributed by atoms with Crippen molar-refractivity contribution in [2.24, 2.45) is 0 Å². The first-order chi connectivity index (χ1) is 7.57. The second-order valence-corrected chi connectivity index (χ2v) is 5.23. The Morgan fingerprint density at radius 3 is 2.50 bits per heavy atom. The normalized spacial score (nSPS) is 10.6. The van der Waals surface area contributed by atoms with E-state index in [2.05, 4.69) is 43.4 Å². The van der Waals surface area contributed by atoms with E-state index in [1.54, 1.807) is 0 Å². The number of hydrogen-bond donors (Lipinski definition) is 0. The average molecular weight is 331 g/mol. The van der Waals surface area contributed by atoms with E-state index < -0.39 is 0 Å². The zero-order valence-electron chi connectivity index (χ0n) is 10.0. The first-order valence-electron chi connectivity index (χ1n) is 5.63. The van der Waals surface area contributed by atoms with Crippen molar-refractivity contribution in [3.63, 3.8) is 0 Å². The fraction of sp³-hybridized carbons (Fsp3) is 0.462. The SMILES string of the molecule is CCCN(C(=O)c1ccccc1I)C(C)C. The van der Waals surface area contributed by atoms with Crippen molar-refractivity contribution in [2.75, 3.05) is 6.54 Å². The minimum absolute atomic E-state index is 0.141. The zero-order valence-corrected chi connectivity index (χ0v) is 12.2. The van der Waals surface area contributed by atoms with Crippen LogP contribution in [-0.2, 0) is 0 Å². The molecule has 0 aromatic heterocycles. The van der Waals surface area contributed by atoms with Gasteiger partial charge in [0.15, 0.2) is 0 Å². The molecule has 88 valence electrons. The van der Waals surface area contributed by atoms with Gasteiger partial charge in [-0.1, -0.05) is 19.1 Å². The van der Waals surface area contributed by atoms with Crippen LogP contribution in [0.1, 0.15) is 37.6 Å². The molecule has 0 saturated heterocycles. The van der Waals surface area contributed by atoms with Crippen LogP contribution in [0.5, 0.6) is 0 Å². The standard InChI is InChI=1S/C13H18INO/c1-4-9-15(10(2)3)13(16)11-7-5-6-8-12(11)14/h5-8,10H,4,9H2,1-3H3. The van der Waals surface area contributed by atoms with Gasteiger partial charge in [-0.15, -0.1) is 0 Å². The molecular weight excluding hydrogens is 313 g/mol. The number of halogens is 1. The maximum absolute atomic E-state index is 12.3. The Balaban J connectivity index is 2.95. The molecule has 0 N–H and O–H groups in total. The summed E-state index contributed by atoms with van der Waals surface area (Å²) in [7, 11) is 0. The van der Waals surface area contributed by atoms with Gasteiger partial charge in [0.1, 0.15) is 0 Å². The topological polar surface area (TPSA) is 20.3 Å². The van der Waals surface area contributed by atoms with Crippen LogP contribution < -0.4 is 0 Å². The molecule has 16 heavy (non-hydrogen) atoms. The Labute approximate surface area is 111 Å². The third-order valence-corrected chi connectivity index (χ3v) is 3.39. The summed E-state index contributed by atoms with van der Waals surface area (Å²) in [6.07, 6.45) is 0.993. The molecule has 0 radical (unpaired) electrons. The van der Waals surface area contributed by atoms with Crippen LogP contribution in [0.25, 0.3) is 0 Å². The third-order valence-electron chi connectivity index (χ3n) is 2.45. The van der Waals surface area contributed by atoms with Gasteiger partial charge in [-0.3, -0.25) is 4.79 Å². The van der Waals surface area contributed by atoms with E-state index in [0.717, 1.165) is 22.1 Å². The molecule has 1 amide bonds. The summed E-state index contributed by atoms with van der Waals surface area (Å²) in [6, 6.07) is 7.99. The van der Waals surface area contributed by atoms with Crippen LogP contribution in [0.2, 0.25) is 0 Å². The fourth-order valence-corrected chi connectivity index (χ4v) is 2.24. The molecule has 1 rings (SSSR count). The lowest BCUT2D eigenvalue weighted by molar-refractivity contribution is 0.0705. The molecule has 1 aromatic carbocycles. The molecule has 0 fully saturated rings. The number of amides is 1. The van der Waals surface area contributed by atoms with Crippen molar-refractivity contribution in [2.45, 2.75) is 33.2 Å². The van der Waals surface area contributed by atoms with Gasteiger partial charge in [-0.25, -0.2) is 0 Å². The van der Waals surface area contributed by atoms with Crippen LogP contribution in [0, 0.1) is 3.57 Å². The summed E-state index contributed by atoms with van der Waals surface area (Å²) < 4.78 is 1.02. The second kappa shape index (κ2) is 6.23. The minimum Gasteiger partial charge on any atom is -0.336 e. The molecule has 0 atom stereocenters. The molecule has 2 nitrogen and oxygen atoms in total. The largest absolute Gasteiger partial charge is 0.336 e. The zero-order chi connectivity index (χ0) is 12.1. The quantitative estimate of drug-likeness (QED) is 0.773. The van der Waals surface area contributed by atoms with Crippen molar-refractivity contribution >= 4 is 28.5 Å². The van der Waals surface area contributed by atoms with Gasteiger partial charge in [0.25, 0.3) is 5.91 Å². The maximum Gasteiger partial charge on any atom is 0.255 e. The van der Waals surface area contributed by atoms with Crippen LogP contribution in [-0.4, -0.2) is 23.4 Å². The highest BCUT2D eigenvalue weighted by Gasteiger charge is 2.19. The summed E-state index contributed by atoms with van der Waals surface area (Å²) in [5.41, 5.74) is 0.810. The van der Waals surface area contributed by atoms with Gasteiger partial charge in [0.2, 0.25) is 0 Å². The Kier molecular flexibility index (Phi) is 5.25. The van der Waals surface area contributed by atoms with E-state index in [4.69, 9.17) is 0 Å². The van der Waals surface area contributed by atoms with Crippen molar-refractivity contribution < 1.29 is 4.79 Å². The van der Waals surface area contributed by atoms with Crippen molar-refractivity contribution in [1.29, 1.82) is 0 Å². The van der Waals surface area contributed by atoms with Crippen LogP contribution in [0.15, 0.2) is 24.3 Å². The predicted octanol–water partition coefficient (Wildman–Crippen LogP) is 3.55. The molecule has 0 spiro atoms. The molecule has 0 heterocycles. The van der Waals surface area contributed by atoms with Gasteiger partial charge in [-0.05, 0) is 55.0 Å². The molecule has 1 aromatic rings. The van der Waals surface area contributed by atoms with Crippen LogP contribution in [0.4, 0.5) is 0 Å². The summed E-state index contributed by atoms with van der Waals surface area (Å²) >= 11 is 2.21. The first kappa shape index (κ1) is 13.5. The molecule has 0 aliphatic carbocycles. The van der Waals surface area contributed by atoms with E-state index in [-0.39, 0.29) is 11.9 Å². The molecule has 0 aliphatic rings. The number of benzene rings is 1. The minimum atomic E-state index is 0.141. The number of carbonyl (C=O) groups excluding carboxylic acids is 1. The highest BCUT2D eigenvalue weighted by Crippen LogP contribution is 2.15. The predicted molar refractivity (Wildman–Crippen MR) is 75.6 cm³/mol. The smallest absolute Gasteiger partial charge is 0.255 e.